The van der Waals surface area contributed by atoms with Gasteiger partial charge in [0, 0.05) is 11.1 Å². The van der Waals surface area contributed by atoms with E-state index in [1.807, 2.05) is 24.3 Å². The van der Waals surface area contributed by atoms with Crippen LogP contribution in [-0.4, -0.2) is 17.3 Å². The Hall–Kier alpha value is -2.62. The summed E-state index contributed by atoms with van der Waals surface area (Å²) in [4.78, 5) is 0. The van der Waals surface area contributed by atoms with Crippen molar-refractivity contribution in [1.82, 2.24) is 10.2 Å². The highest BCUT2D eigenvalue weighted by molar-refractivity contribution is 5.68. The number of ether oxygens (including phenoxy) is 1. The molecule has 148 valence electrons. The normalized spacial score (nSPS) is 11.6. The Labute approximate surface area is 168 Å². The fourth-order valence-electron chi connectivity index (χ4n) is 3.38. The smallest absolute Gasteiger partial charge is 0.248 e. The van der Waals surface area contributed by atoms with Crippen LogP contribution in [0.15, 0.2) is 40.8 Å². The average Bonchev–Trinajstić information content (AvgIpc) is 3.16. The van der Waals surface area contributed by atoms with Crippen LogP contribution in [0.3, 0.4) is 0 Å². The van der Waals surface area contributed by atoms with Gasteiger partial charge in [0.05, 0.1) is 7.11 Å². The van der Waals surface area contributed by atoms with Crippen molar-refractivity contribution < 1.29 is 9.15 Å². The molecule has 0 bridgehead atoms. The van der Waals surface area contributed by atoms with Crippen LogP contribution in [0.4, 0.5) is 0 Å². The van der Waals surface area contributed by atoms with Gasteiger partial charge in [0.15, 0.2) is 0 Å². The summed E-state index contributed by atoms with van der Waals surface area (Å²) in [6, 6.07) is 12.3. The lowest BCUT2D eigenvalue weighted by Gasteiger charge is -2.20. The molecule has 0 aliphatic rings. The van der Waals surface area contributed by atoms with E-state index in [0.29, 0.717) is 29.5 Å². The molecule has 0 amide bonds. The molecule has 4 nitrogen and oxygen atoms in total. The summed E-state index contributed by atoms with van der Waals surface area (Å²) >= 11 is 0. The van der Waals surface area contributed by atoms with Gasteiger partial charge in [0.25, 0.3) is 0 Å². The van der Waals surface area contributed by atoms with Crippen molar-refractivity contribution >= 4 is 0 Å². The number of benzene rings is 2. The summed E-state index contributed by atoms with van der Waals surface area (Å²) < 4.78 is 11.4. The highest BCUT2D eigenvalue weighted by atomic mass is 16.5. The average molecular weight is 379 g/mol. The molecule has 2 aromatic carbocycles. The predicted octanol–water partition coefficient (Wildman–Crippen LogP) is 6.78. The van der Waals surface area contributed by atoms with Gasteiger partial charge < -0.3 is 9.15 Å². The molecule has 0 fully saturated rings. The summed E-state index contributed by atoms with van der Waals surface area (Å²) in [6.45, 7) is 13.3. The van der Waals surface area contributed by atoms with Gasteiger partial charge in [-0.15, -0.1) is 10.2 Å². The summed E-state index contributed by atoms with van der Waals surface area (Å²) in [7, 11) is 1.65. The minimum absolute atomic E-state index is 0.363. The maximum Gasteiger partial charge on any atom is 0.248 e. The molecular formula is C24H30N2O2. The summed E-state index contributed by atoms with van der Waals surface area (Å²) in [6.07, 6.45) is 0. The first-order valence-corrected chi connectivity index (χ1v) is 9.97. The first-order chi connectivity index (χ1) is 13.3. The van der Waals surface area contributed by atoms with Gasteiger partial charge in [-0.25, -0.2) is 0 Å². The van der Waals surface area contributed by atoms with Crippen LogP contribution in [0.2, 0.25) is 0 Å². The highest BCUT2D eigenvalue weighted by Crippen LogP contribution is 2.39. The van der Waals surface area contributed by atoms with Gasteiger partial charge in [-0.1, -0.05) is 53.7 Å². The third-order valence-corrected chi connectivity index (χ3v) is 5.11. The van der Waals surface area contributed by atoms with Crippen molar-refractivity contribution in [2.24, 2.45) is 0 Å². The van der Waals surface area contributed by atoms with Crippen molar-refractivity contribution in [2.45, 2.75) is 59.3 Å². The van der Waals surface area contributed by atoms with Crippen molar-refractivity contribution in [3.05, 3.63) is 53.1 Å². The molecule has 0 atom stereocenters. The topological polar surface area (TPSA) is 48.2 Å². The zero-order valence-electron chi connectivity index (χ0n) is 17.9. The highest BCUT2D eigenvalue weighted by Gasteiger charge is 2.22. The monoisotopic (exact) mass is 378 g/mol. The van der Waals surface area contributed by atoms with Crippen molar-refractivity contribution in [2.75, 3.05) is 7.11 Å². The Kier molecular flexibility index (Phi) is 5.87. The Morgan fingerprint density at radius 3 is 1.75 bits per heavy atom. The van der Waals surface area contributed by atoms with E-state index < -0.39 is 0 Å². The van der Waals surface area contributed by atoms with E-state index in [2.05, 4.69) is 63.9 Å². The Morgan fingerprint density at radius 2 is 1.29 bits per heavy atom. The molecule has 0 spiro atoms. The largest absolute Gasteiger partial charge is 0.497 e. The van der Waals surface area contributed by atoms with Crippen LogP contribution in [-0.2, 0) is 0 Å². The van der Waals surface area contributed by atoms with Crippen LogP contribution < -0.4 is 4.74 Å². The minimum atomic E-state index is 0.363. The van der Waals surface area contributed by atoms with Gasteiger partial charge in [0.1, 0.15) is 5.75 Å². The molecule has 0 aliphatic carbocycles. The van der Waals surface area contributed by atoms with Crippen LogP contribution >= 0.6 is 0 Å². The molecule has 1 aromatic heterocycles. The Balaban J connectivity index is 2.13. The molecule has 3 aromatic rings. The van der Waals surface area contributed by atoms with Gasteiger partial charge in [-0.2, -0.15) is 0 Å². The summed E-state index contributed by atoms with van der Waals surface area (Å²) in [5.74, 6) is 3.12. The lowest BCUT2D eigenvalue weighted by atomic mass is 9.84. The number of nitrogens with zero attached hydrogens (tertiary/aromatic N) is 2. The fraction of sp³-hybridized carbons (Fsp3) is 0.417. The molecule has 0 N–H and O–H groups in total. The molecule has 0 saturated carbocycles. The SMILES string of the molecule is COc1ccc(-c2nnc(-c3c(C(C)C)cc(C(C)C)cc3C(C)C)o2)cc1. The second-order valence-corrected chi connectivity index (χ2v) is 8.18. The number of aromatic nitrogens is 2. The lowest BCUT2D eigenvalue weighted by Crippen LogP contribution is -2.03. The molecule has 0 unspecified atom stereocenters. The van der Waals surface area contributed by atoms with Gasteiger partial charge in [0.2, 0.25) is 11.8 Å². The van der Waals surface area contributed by atoms with Crippen LogP contribution in [0.5, 0.6) is 5.75 Å². The van der Waals surface area contributed by atoms with Crippen LogP contribution in [0, 0.1) is 0 Å². The third-order valence-electron chi connectivity index (χ3n) is 5.11. The van der Waals surface area contributed by atoms with E-state index in [1.54, 1.807) is 7.11 Å². The van der Waals surface area contributed by atoms with Crippen LogP contribution in [0.1, 0.15) is 76.0 Å². The maximum absolute atomic E-state index is 6.15. The molecule has 0 saturated heterocycles. The zero-order chi connectivity index (χ0) is 20.4. The molecular weight excluding hydrogens is 348 g/mol. The standard InChI is InChI=1S/C24H30N2O2/c1-14(2)18-12-20(15(3)4)22(21(13-18)16(5)6)24-26-25-23(28-24)17-8-10-19(27-7)11-9-17/h8-16H,1-7H3. The number of methoxy groups -OCH3 is 1. The maximum atomic E-state index is 6.15. The van der Waals surface area contributed by atoms with E-state index in [-0.39, 0.29) is 0 Å². The van der Waals surface area contributed by atoms with Crippen molar-refractivity contribution in [1.29, 1.82) is 0 Å². The summed E-state index contributed by atoms with van der Waals surface area (Å²) in [5.41, 5.74) is 5.85. The molecule has 0 aliphatic heterocycles. The number of rotatable bonds is 6. The number of hydrogen-bond donors (Lipinski definition) is 0. The minimum Gasteiger partial charge on any atom is -0.497 e. The van der Waals surface area contributed by atoms with E-state index in [9.17, 15) is 0 Å². The Morgan fingerprint density at radius 1 is 0.750 bits per heavy atom. The van der Waals surface area contributed by atoms with E-state index >= 15 is 0 Å². The molecule has 28 heavy (non-hydrogen) atoms. The van der Waals surface area contributed by atoms with Gasteiger partial charge in [-0.3, -0.25) is 0 Å². The quantitative estimate of drug-likeness (QED) is 0.474. The molecule has 0 radical (unpaired) electrons. The second-order valence-electron chi connectivity index (χ2n) is 8.18. The van der Waals surface area contributed by atoms with E-state index in [1.165, 1.54) is 16.7 Å². The van der Waals surface area contributed by atoms with Crippen molar-refractivity contribution in [3.8, 4) is 28.7 Å². The zero-order valence-corrected chi connectivity index (χ0v) is 17.9. The molecule has 1 heterocycles. The molecule has 3 rings (SSSR count). The first-order valence-electron chi connectivity index (χ1n) is 9.97. The Bertz CT molecular complexity index is 908. The van der Waals surface area contributed by atoms with E-state index in [4.69, 9.17) is 9.15 Å². The van der Waals surface area contributed by atoms with Gasteiger partial charge in [-0.05, 0) is 58.7 Å². The number of hydrogen-bond acceptors (Lipinski definition) is 4. The van der Waals surface area contributed by atoms with Gasteiger partial charge >= 0.3 is 0 Å². The summed E-state index contributed by atoms with van der Waals surface area (Å²) in [5, 5.41) is 8.74. The third kappa shape index (κ3) is 3.96. The molecule has 4 heteroatoms. The lowest BCUT2D eigenvalue weighted by molar-refractivity contribution is 0.415. The van der Waals surface area contributed by atoms with Crippen LogP contribution in [0.25, 0.3) is 22.9 Å². The fourth-order valence-corrected chi connectivity index (χ4v) is 3.38. The predicted molar refractivity (Wildman–Crippen MR) is 114 cm³/mol. The van der Waals surface area contributed by atoms with E-state index in [0.717, 1.165) is 16.9 Å². The first kappa shape index (κ1) is 20.1. The van der Waals surface area contributed by atoms with Crippen molar-refractivity contribution in [3.63, 3.8) is 0 Å². The second kappa shape index (κ2) is 8.17.